The highest BCUT2D eigenvalue weighted by Crippen LogP contribution is 2.20. The number of aromatic nitrogens is 2. The largest absolute Gasteiger partial charge is 0.337 e. The third kappa shape index (κ3) is 2.17. The topological polar surface area (TPSA) is 37.6 Å². The molecule has 0 saturated carbocycles. The van der Waals surface area contributed by atoms with Crippen molar-refractivity contribution in [3.63, 3.8) is 0 Å². The second kappa shape index (κ2) is 4.89. The van der Waals surface area contributed by atoms with Crippen LogP contribution in [0.25, 0.3) is 5.65 Å². The van der Waals surface area contributed by atoms with Crippen LogP contribution in [0.15, 0.2) is 18.3 Å². The number of carbonyl (C=O) groups excluding carboxylic acids is 1. The lowest BCUT2D eigenvalue weighted by Crippen LogP contribution is -2.39. The van der Waals surface area contributed by atoms with Gasteiger partial charge in [0.2, 0.25) is 0 Å². The zero-order valence-electron chi connectivity index (χ0n) is 11.8. The monoisotopic (exact) mass is 275 g/mol. The summed E-state index contributed by atoms with van der Waals surface area (Å²) in [5.74, 6) is 0.104. The van der Waals surface area contributed by atoms with Crippen LogP contribution in [0.1, 0.15) is 35.9 Å². The fourth-order valence-corrected chi connectivity index (χ4v) is 2.92. The molecule has 1 atom stereocenters. The maximum Gasteiger partial charge on any atom is 0.272 e. The van der Waals surface area contributed by atoms with Crippen LogP contribution in [0.5, 0.6) is 0 Å². The normalized spacial score (nSPS) is 19.6. The van der Waals surface area contributed by atoms with Gasteiger partial charge in [-0.15, -0.1) is 0 Å². The van der Waals surface area contributed by atoms with Gasteiger partial charge >= 0.3 is 0 Å². The lowest BCUT2D eigenvalue weighted by atomic mass is 10.00. The summed E-state index contributed by atoms with van der Waals surface area (Å²) in [6.07, 6.45) is 3.51. The van der Waals surface area contributed by atoms with E-state index < -0.39 is 0 Å². The molecule has 1 aliphatic heterocycles. The summed E-state index contributed by atoms with van der Waals surface area (Å²) in [5.41, 5.74) is 1.74. The summed E-state index contributed by atoms with van der Waals surface area (Å²) in [4.78, 5) is 18.9. The third-order valence-electron chi connectivity index (χ3n) is 3.90. The van der Waals surface area contributed by atoms with Crippen LogP contribution < -0.4 is 0 Å². The molecule has 0 N–H and O–H groups in total. The molecule has 0 aliphatic carbocycles. The van der Waals surface area contributed by atoms with E-state index in [0.29, 0.717) is 23.0 Å². The molecule has 106 valence electrons. The second-order valence-electron chi connectivity index (χ2n) is 5.62. The van der Waals surface area contributed by atoms with Crippen LogP contribution in [0, 0.1) is 18.7 Å². The minimum absolute atomic E-state index is 0.0489. The highest BCUT2D eigenvalue weighted by atomic mass is 19.1. The first-order valence-corrected chi connectivity index (χ1v) is 7.00. The van der Waals surface area contributed by atoms with E-state index in [1.165, 1.54) is 12.3 Å². The molecule has 3 rings (SSSR count). The summed E-state index contributed by atoms with van der Waals surface area (Å²) in [7, 11) is 0. The standard InChI is InChI=1S/C15H18FN3O/c1-10-4-3-7-18(8-10)15(20)14-11(2)17-13-6-5-12(16)9-19(13)14/h5-6,9-10H,3-4,7-8H2,1-2H3. The summed E-state index contributed by atoms with van der Waals surface area (Å²) >= 11 is 0. The highest BCUT2D eigenvalue weighted by molar-refractivity contribution is 5.94. The van der Waals surface area contributed by atoms with Crippen molar-refractivity contribution < 1.29 is 9.18 Å². The number of piperidine rings is 1. The first-order valence-electron chi connectivity index (χ1n) is 7.00. The molecule has 0 bridgehead atoms. The van der Waals surface area contributed by atoms with E-state index in [-0.39, 0.29) is 11.7 Å². The van der Waals surface area contributed by atoms with Gasteiger partial charge in [0.1, 0.15) is 17.2 Å². The fourth-order valence-electron chi connectivity index (χ4n) is 2.92. The number of rotatable bonds is 1. The Hall–Kier alpha value is -1.91. The number of imidazole rings is 1. The zero-order chi connectivity index (χ0) is 14.3. The van der Waals surface area contributed by atoms with Crippen molar-refractivity contribution in [3.8, 4) is 0 Å². The third-order valence-corrected chi connectivity index (χ3v) is 3.90. The summed E-state index contributed by atoms with van der Waals surface area (Å²) in [6.45, 7) is 5.48. The fraction of sp³-hybridized carbons (Fsp3) is 0.467. The second-order valence-corrected chi connectivity index (χ2v) is 5.62. The van der Waals surface area contributed by atoms with Crippen molar-refractivity contribution in [1.29, 1.82) is 0 Å². The molecule has 4 nitrogen and oxygen atoms in total. The quantitative estimate of drug-likeness (QED) is 0.802. The number of likely N-dealkylation sites (tertiary alicyclic amines) is 1. The van der Waals surface area contributed by atoms with Crippen molar-refractivity contribution >= 4 is 11.6 Å². The summed E-state index contributed by atoms with van der Waals surface area (Å²) < 4.78 is 15.0. The van der Waals surface area contributed by atoms with Gasteiger partial charge in [0.25, 0.3) is 5.91 Å². The lowest BCUT2D eigenvalue weighted by molar-refractivity contribution is 0.0675. The number of carbonyl (C=O) groups is 1. The maximum atomic E-state index is 13.4. The highest BCUT2D eigenvalue weighted by Gasteiger charge is 2.26. The van der Waals surface area contributed by atoms with E-state index in [9.17, 15) is 9.18 Å². The van der Waals surface area contributed by atoms with Crippen molar-refractivity contribution in [3.05, 3.63) is 35.5 Å². The summed E-state index contributed by atoms with van der Waals surface area (Å²) in [6, 6.07) is 2.96. The van der Waals surface area contributed by atoms with Gasteiger partial charge in [0.15, 0.2) is 0 Å². The van der Waals surface area contributed by atoms with Gasteiger partial charge in [-0.2, -0.15) is 0 Å². The Morgan fingerprint density at radius 1 is 1.45 bits per heavy atom. The van der Waals surface area contributed by atoms with Gasteiger partial charge in [-0.3, -0.25) is 9.20 Å². The molecule has 5 heteroatoms. The van der Waals surface area contributed by atoms with Crippen molar-refractivity contribution in [1.82, 2.24) is 14.3 Å². The Balaban J connectivity index is 2.02. The molecule has 1 amide bonds. The molecule has 3 heterocycles. The minimum Gasteiger partial charge on any atom is -0.337 e. The average Bonchev–Trinajstić information content (AvgIpc) is 2.73. The van der Waals surface area contributed by atoms with Crippen molar-refractivity contribution in [2.24, 2.45) is 5.92 Å². The molecule has 0 radical (unpaired) electrons. The number of nitrogens with zero attached hydrogens (tertiary/aromatic N) is 3. The van der Waals surface area contributed by atoms with E-state index >= 15 is 0 Å². The zero-order valence-corrected chi connectivity index (χ0v) is 11.8. The SMILES string of the molecule is Cc1nc2ccc(F)cn2c1C(=O)N1CCCC(C)C1. The van der Waals surface area contributed by atoms with Crippen LogP contribution in [0.2, 0.25) is 0 Å². The number of hydrogen-bond acceptors (Lipinski definition) is 2. The van der Waals surface area contributed by atoms with Crippen LogP contribution in [-0.4, -0.2) is 33.3 Å². The van der Waals surface area contributed by atoms with Gasteiger partial charge < -0.3 is 4.90 Å². The van der Waals surface area contributed by atoms with Gasteiger partial charge in [-0.25, -0.2) is 9.37 Å². The maximum absolute atomic E-state index is 13.4. The number of hydrogen-bond donors (Lipinski definition) is 0. The molecule has 1 saturated heterocycles. The predicted molar refractivity (Wildman–Crippen MR) is 74.2 cm³/mol. The van der Waals surface area contributed by atoms with Gasteiger partial charge in [0.05, 0.1) is 5.69 Å². The minimum atomic E-state index is -0.365. The van der Waals surface area contributed by atoms with Gasteiger partial charge in [0, 0.05) is 19.3 Å². The Morgan fingerprint density at radius 3 is 3.00 bits per heavy atom. The Morgan fingerprint density at radius 2 is 2.25 bits per heavy atom. The molecular formula is C15H18FN3O. The Labute approximate surface area is 117 Å². The molecule has 0 spiro atoms. The Kier molecular flexibility index (Phi) is 3.20. The number of amides is 1. The molecule has 0 aromatic carbocycles. The number of fused-ring (bicyclic) bond motifs is 1. The number of aryl methyl sites for hydroxylation is 1. The molecular weight excluding hydrogens is 257 g/mol. The van der Waals surface area contributed by atoms with E-state index in [1.54, 1.807) is 17.4 Å². The molecule has 1 unspecified atom stereocenters. The van der Waals surface area contributed by atoms with Crippen molar-refractivity contribution in [2.45, 2.75) is 26.7 Å². The van der Waals surface area contributed by atoms with Crippen LogP contribution >= 0.6 is 0 Å². The van der Waals surface area contributed by atoms with Gasteiger partial charge in [-0.1, -0.05) is 6.92 Å². The first-order chi connectivity index (χ1) is 9.56. The van der Waals surface area contributed by atoms with E-state index in [0.717, 1.165) is 25.9 Å². The smallest absolute Gasteiger partial charge is 0.272 e. The molecule has 1 aliphatic rings. The summed E-state index contributed by atoms with van der Waals surface area (Å²) in [5, 5.41) is 0. The number of halogens is 1. The van der Waals surface area contributed by atoms with E-state index in [1.807, 2.05) is 4.90 Å². The van der Waals surface area contributed by atoms with Crippen LogP contribution in [-0.2, 0) is 0 Å². The van der Waals surface area contributed by atoms with E-state index in [4.69, 9.17) is 0 Å². The Bertz CT molecular complexity index is 664. The van der Waals surface area contributed by atoms with Crippen molar-refractivity contribution in [2.75, 3.05) is 13.1 Å². The molecule has 2 aromatic rings. The van der Waals surface area contributed by atoms with Crippen LogP contribution in [0.3, 0.4) is 0 Å². The molecule has 1 fully saturated rings. The lowest BCUT2D eigenvalue weighted by Gasteiger charge is -2.30. The van der Waals surface area contributed by atoms with E-state index in [2.05, 4.69) is 11.9 Å². The first kappa shape index (κ1) is 13.1. The van der Waals surface area contributed by atoms with Crippen LogP contribution in [0.4, 0.5) is 4.39 Å². The molecule has 2 aromatic heterocycles. The average molecular weight is 275 g/mol. The van der Waals surface area contributed by atoms with Gasteiger partial charge in [-0.05, 0) is 37.8 Å². The molecule has 20 heavy (non-hydrogen) atoms. The predicted octanol–water partition coefficient (Wildman–Crippen LogP) is 2.65. The number of pyridine rings is 1.